The molecule has 1 unspecified atom stereocenters. The Bertz CT molecular complexity index is 1280. The molecule has 2 aliphatic rings. The molecule has 5 rings (SSSR count). The summed E-state index contributed by atoms with van der Waals surface area (Å²) in [6.07, 6.45) is -1.14. The molecule has 0 fully saturated rings. The van der Waals surface area contributed by atoms with Crippen LogP contribution in [-0.2, 0) is 13.2 Å². The number of nitrogens with one attached hydrogen (secondary N) is 1. The summed E-state index contributed by atoms with van der Waals surface area (Å²) in [7, 11) is 1.62. The van der Waals surface area contributed by atoms with Crippen molar-refractivity contribution in [2.75, 3.05) is 23.4 Å². The Morgan fingerprint density at radius 3 is 2.76 bits per heavy atom. The molecule has 8 nitrogen and oxygen atoms in total. The van der Waals surface area contributed by atoms with Gasteiger partial charge in [-0.3, -0.25) is 4.79 Å². The van der Waals surface area contributed by atoms with Crippen LogP contribution in [0.15, 0.2) is 36.4 Å². The van der Waals surface area contributed by atoms with Gasteiger partial charge in [0.25, 0.3) is 11.8 Å². The number of aryl methyl sites for hydroxylation is 2. The van der Waals surface area contributed by atoms with Crippen LogP contribution in [0, 0.1) is 6.92 Å². The standard InChI is InChI=1S/C22H19F3N6O2/c1-12-11-13(14-4-5-16-15(26-14)6-8-18(27-16)22(23,24)25)3-7-17(12)31-9-10-33-20-19(21(31)32)28-30(2)29-20/h3-8,11,14,26H,9-10H2,1-2H3. The highest BCUT2D eigenvalue weighted by molar-refractivity contribution is 6.06. The Morgan fingerprint density at radius 2 is 2.00 bits per heavy atom. The lowest BCUT2D eigenvalue weighted by Crippen LogP contribution is -2.33. The van der Waals surface area contributed by atoms with E-state index in [1.807, 2.05) is 25.1 Å². The number of rotatable bonds is 2. The molecule has 1 aromatic carbocycles. The van der Waals surface area contributed by atoms with Gasteiger partial charge in [-0.15, -0.1) is 10.2 Å². The number of hydrogen-bond acceptors (Lipinski definition) is 6. The van der Waals surface area contributed by atoms with E-state index >= 15 is 0 Å². The Morgan fingerprint density at radius 1 is 1.18 bits per heavy atom. The number of nitrogens with zero attached hydrogens (tertiary/aromatic N) is 5. The van der Waals surface area contributed by atoms with Crippen LogP contribution < -0.4 is 15.0 Å². The smallest absolute Gasteiger partial charge is 0.433 e. The highest BCUT2D eigenvalue weighted by Crippen LogP contribution is 2.35. The lowest BCUT2D eigenvalue weighted by atomic mass is 9.99. The van der Waals surface area contributed by atoms with Crippen molar-refractivity contribution >= 4 is 23.4 Å². The molecule has 0 spiro atoms. The molecule has 0 bridgehead atoms. The van der Waals surface area contributed by atoms with E-state index in [1.54, 1.807) is 24.1 Å². The third kappa shape index (κ3) is 3.79. The molecule has 1 N–H and O–H groups in total. The molecule has 4 heterocycles. The summed E-state index contributed by atoms with van der Waals surface area (Å²) < 4.78 is 44.3. The lowest BCUT2D eigenvalue weighted by Gasteiger charge is -2.25. The SMILES string of the molecule is Cc1cc(C2C=Cc3nc(C(F)(F)F)ccc3N2)ccc1N1CCOc2nn(C)nc2C1=O. The molecule has 0 saturated carbocycles. The van der Waals surface area contributed by atoms with E-state index in [0.29, 0.717) is 12.2 Å². The Balaban J connectivity index is 1.40. The molecule has 3 aromatic rings. The first kappa shape index (κ1) is 21.0. The molecule has 11 heteroatoms. The summed E-state index contributed by atoms with van der Waals surface area (Å²) in [6, 6.07) is 7.76. The normalized spacial score (nSPS) is 17.7. The zero-order chi connectivity index (χ0) is 23.3. The summed E-state index contributed by atoms with van der Waals surface area (Å²) in [4.78, 5) is 19.7. The van der Waals surface area contributed by atoms with Crippen molar-refractivity contribution in [3.05, 3.63) is 64.6 Å². The monoisotopic (exact) mass is 456 g/mol. The van der Waals surface area contributed by atoms with E-state index in [0.717, 1.165) is 22.9 Å². The van der Waals surface area contributed by atoms with E-state index in [2.05, 4.69) is 20.5 Å². The van der Waals surface area contributed by atoms with Crippen LogP contribution >= 0.6 is 0 Å². The predicted molar refractivity (Wildman–Crippen MR) is 114 cm³/mol. The van der Waals surface area contributed by atoms with Crippen LogP contribution in [0.1, 0.15) is 39.0 Å². The Labute approximate surface area is 186 Å². The lowest BCUT2D eigenvalue weighted by molar-refractivity contribution is -0.141. The third-order valence-corrected chi connectivity index (χ3v) is 5.53. The summed E-state index contributed by atoms with van der Waals surface area (Å²) in [6.45, 7) is 2.53. The van der Waals surface area contributed by atoms with Gasteiger partial charge >= 0.3 is 6.18 Å². The zero-order valence-electron chi connectivity index (χ0n) is 17.7. The van der Waals surface area contributed by atoms with E-state index in [4.69, 9.17) is 4.74 Å². The van der Waals surface area contributed by atoms with Gasteiger partial charge in [0, 0.05) is 12.7 Å². The van der Waals surface area contributed by atoms with Crippen molar-refractivity contribution in [1.29, 1.82) is 0 Å². The molecule has 2 aromatic heterocycles. The van der Waals surface area contributed by atoms with Crippen LogP contribution in [-0.4, -0.2) is 39.0 Å². The molecule has 1 amide bonds. The highest BCUT2D eigenvalue weighted by atomic mass is 19.4. The summed E-state index contributed by atoms with van der Waals surface area (Å²) in [5, 5.41) is 11.4. The fraction of sp³-hybridized carbons (Fsp3) is 0.273. The van der Waals surface area contributed by atoms with Crippen LogP contribution in [0.25, 0.3) is 6.08 Å². The van der Waals surface area contributed by atoms with Crippen molar-refractivity contribution < 1.29 is 22.7 Å². The van der Waals surface area contributed by atoms with Crippen molar-refractivity contribution in [3.8, 4) is 5.88 Å². The number of hydrogen-bond donors (Lipinski definition) is 1. The van der Waals surface area contributed by atoms with Crippen LogP contribution in [0.3, 0.4) is 0 Å². The summed E-state index contributed by atoms with van der Waals surface area (Å²) in [5.74, 6) is -0.0700. The fourth-order valence-corrected chi connectivity index (χ4v) is 3.97. The number of halogens is 3. The topological polar surface area (TPSA) is 85.2 Å². The summed E-state index contributed by atoms with van der Waals surface area (Å²) >= 11 is 0. The van der Waals surface area contributed by atoms with Gasteiger partial charge in [-0.05, 0) is 42.3 Å². The number of aromatic nitrogens is 4. The van der Waals surface area contributed by atoms with Gasteiger partial charge in [-0.25, -0.2) is 4.98 Å². The minimum Gasteiger partial charge on any atom is -0.473 e. The number of pyridine rings is 1. The first-order valence-corrected chi connectivity index (χ1v) is 10.2. The van der Waals surface area contributed by atoms with Gasteiger partial charge in [0.1, 0.15) is 12.3 Å². The van der Waals surface area contributed by atoms with E-state index in [-0.39, 0.29) is 35.8 Å². The van der Waals surface area contributed by atoms with Gasteiger partial charge in [-0.2, -0.15) is 18.0 Å². The molecule has 0 aliphatic carbocycles. The molecule has 2 aliphatic heterocycles. The van der Waals surface area contributed by atoms with E-state index < -0.39 is 11.9 Å². The van der Waals surface area contributed by atoms with Crippen molar-refractivity contribution in [2.24, 2.45) is 7.05 Å². The van der Waals surface area contributed by atoms with Crippen molar-refractivity contribution in [1.82, 2.24) is 20.0 Å². The van der Waals surface area contributed by atoms with Gasteiger partial charge < -0.3 is 15.0 Å². The van der Waals surface area contributed by atoms with E-state index in [9.17, 15) is 18.0 Å². The molecule has 33 heavy (non-hydrogen) atoms. The number of anilines is 2. The average Bonchev–Trinajstić information content (AvgIpc) is 3.09. The van der Waals surface area contributed by atoms with Crippen LogP contribution in [0.2, 0.25) is 0 Å². The molecular weight excluding hydrogens is 437 g/mol. The maximum Gasteiger partial charge on any atom is 0.433 e. The number of alkyl halides is 3. The minimum absolute atomic E-state index is 0.165. The second kappa shape index (κ2) is 7.61. The van der Waals surface area contributed by atoms with Crippen molar-refractivity contribution in [2.45, 2.75) is 19.1 Å². The molecule has 0 radical (unpaired) electrons. The molecule has 170 valence electrons. The third-order valence-electron chi connectivity index (χ3n) is 5.53. The number of amides is 1. The Hall–Kier alpha value is -3.89. The van der Waals surface area contributed by atoms with E-state index in [1.165, 1.54) is 10.9 Å². The van der Waals surface area contributed by atoms with Crippen molar-refractivity contribution in [3.63, 3.8) is 0 Å². The van der Waals surface area contributed by atoms with Gasteiger partial charge in [0.15, 0.2) is 0 Å². The number of carbonyl (C=O) groups is 1. The Kier molecular flexibility index (Phi) is 4.84. The number of benzene rings is 1. The number of ether oxygens (including phenoxy) is 1. The van der Waals surface area contributed by atoms with Crippen LogP contribution in [0.5, 0.6) is 5.88 Å². The first-order chi connectivity index (χ1) is 15.7. The molecular formula is C22H19F3N6O2. The number of fused-ring (bicyclic) bond motifs is 2. The maximum atomic E-state index is 13.0. The van der Waals surface area contributed by atoms with Crippen LogP contribution in [0.4, 0.5) is 24.5 Å². The maximum absolute atomic E-state index is 13.0. The largest absolute Gasteiger partial charge is 0.473 e. The highest BCUT2D eigenvalue weighted by Gasteiger charge is 2.33. The zero-order valence-corrected chi connectivity index (χ0v) is 17.7. The first-order valence-electron chi connectivity index (χ1n) is 10.2. The summed E-state index contributed by atoms with van der Waals surface area (Å²) in [5.41, 5.74) is 2.48. The number of carbonyl (C=O) groups excluding carboxylic acids is 1. The second-order valence-corrected chi connectivity index (χ2v) is 7.80. The van der Waals surface area contributed by atoms with Gasteiger partial charge in [-0.1, -0.05) is 18.2 Å². The quantitative estimate of drug-likeness (QED) is 0.632. The average molecular weight is 456 g/mol. The van der Waals surface area contributed by atoms with Gasteiger partial charge in [0.05, 0.1) is 24.0 Å². The molecule has 0 saturated heterocycles. The second-order valence-electron chi connectivity index (χ2n) is 7.80. The minimum atomic E-state index is -4.49. The fourth-order valence-electron chi connectivity index (χ4n) is 3.97. The molecule has 1 atom stereocenters. The predicted octanol–water partition coefficient (Wildman–Crippen LogP) is 3.76. The van der Waals surface area contributed by atoms with Gasteiger partial charge in [0.2, 0.25) is 5.69 Å².